The number of phenolic OH excluding ortho intramolecular Hbond substituents is 1. The highest BCUT2D eigenvalue weighted by molar-refractivity contribution is 9.11. The van der Waals surface area contributed by atoms with Gasteiger partial charge in [0.2, 0.25) is 0 Å². The molecular weight excluding hydrogens is 546 g/mol. The molecule has 1 unspecified atom stereocenters. The predicted molar refractivity (Wildman–Crippen MR) is 135 cm³/mol. The van der Waals surface area contributed by atoms with E-state index in [0.717, 1.165) is 24.9 Å². The highest BCUT2D eigenvalue weighted by Gasteiger charge is 2.36. The number of halogens is 3. The summed E-state index contributed by atoms with van der Waals surface area (Å²) < 4.78 is 1.08. The molecule has 2 aromatic rings. The Morgan fingerprint density at radius 2 is 2.06 bits per heavy atom. The summed E-state index contributed by atoms with van der Waals surface area (Å²) in [5, 5.41) is 14.8. The van der Waals surface area contributed by atoms with Crippen molar-refractivity contribution < 1.29 is 9.90 Å². The number of nitrogens with zero attached hydrogens (tertiary/aromatic N) is 2. The van der Waals surface area contributed by atoms with Crippen LogP contribution in [0.3, 0.4) is 0 Å². The number of amides is 1. The molecule has 1 aliphatic heterocycles. The van der Waals surface area contributed by atoms with E-state index in [1.807, 2.05) is 6.07 Å². The Morgan fingerprint density at radius 3 is 2.74 bits per heavy atom. The lowest BCUT2D eigenvalue weighted by atomic mass is 9.79. The minimum Gasteiger partial charge on any atom is -0.506 e. The molecule has 0 aromatic heterocycles. The second kappa shape index (κ2) is 9.51. The van der Waals surface area contributed by atoms with Crippen LogP contribution in [-0.4, -0.2) is 29.3 Å². The van der Waals surface area contributed by atoms with Gasteiger partial charge in [0, 0.05) is 27.8 Å². The third-order valence-corrected chi connectivity index (χ3v) is 6.98. The molecule has 2 aromatic carbocycles. The minimum atomic E-state index is -0.519. The number of rotatable bonds is 5. The van der Waals surface area contributed by atoms with Gasteiger partial charge in [0.1, 0.15) is 5.75 Å². The lowest BCUT2D eigenvalue weighted by Gasteiger charge is -2.47. The van der Waals surface area contributed by atoms with Crippen molar-refractivity contribution in [2.24, 2.45) is 5.10 Å². The van der Waals surface area contributed by atoms with Crippen molar-refractivity contribution in [3.8, 4) is 5.75 Å². The number of hydrazone groups is 1. The van der Waals surface area contributed by atoms with Gasteiger partial charge in [0.25, 0.3) is 5.91 Å². The van der Waals surface area contributed by atoms with Crippen LogP contribution in [0.1, 0.15) is 67.9 Å². The van der Waals surface area contributed by atoms with Crippen LogP contribution in [0.5, 0.6) is 5.75 Å². The Labute approximate surface area is 205 Å². The van der Waals surface area contributed by atoms with Gasteiger partial charge in [0.05, 0.1) is 21.3 Å². The number of benzene rings is 2. The van der Waals surface area contributed by atoms with E-state index in [1.54, 1.807) is 12.3 Å². The van der Waals surface area contributed by atoms with Gasteiger partial charge < -0.3 is 10.0 Å². The van der Waals surface area contributed by atoms with E-state index in [-0.39, 0.29) is 16.9 Å². The van der Waals surface area contributed by atoms with Crippen molar-refractivity contribution >= 4 is 61.3 Å². The lowest BCUT2D eigenvalue weighted by molar-refractivity contribution is 0.0952. The van der Waals surface area contributed by atoms with E-state index >= 15 is 0 Å². The van der Waals surface area contributed by atoms with E-state index < -0.39 is 5.91 Å². The maximum absolute atomic E-state index is 12.5. The first-order chi connectivity index (χ1) is 14.5. The molecule has 2 N–H and O–H groups in total. The van der Waals surface area contributed by atoms with Crippen LogP contribution in [0.15, 0.2) is 38.3 Å². The maximum atomic E-state index is 12.5. The van der Waals surface area contributed by atoms with Gasteiger partial charge >= 0.3 is 0 Å². The van der Waals surface area contributed by atoms with Crippen LogP contribution in [0.25, 0.3) is 0 Å². The van der Waals surface area contributed by atoms with Crippen molar-refractivity contribution in [1.82, 2.24) is 5.43 Å². The smallest absolute Gasteiger partial charge is 0.275 e. The molecule has 3 rings (SSSR count). The fourth-order valence-corrected chi connectivity index (χ4v) is 5.66. The average molecular weight is 572 g/mol. The van der Waals surface area contributed by atoms with Crippen molar-refractivity contribution in [1.29, 1.82) is 0 Å². The van der Waals surface area contributed by atoms with Crippen LogP contribution in [0, 0.1) is 0 Å². The SMILES string of the molecule is CCCN1c2cc(Cl)c(/C=N\NC(=O)c3cc(Br)cc(Br)c3O)cc2C(C)CC1(C)C. The molecule has 5 nitrogen and oxygen atoms in total. The molecule has 31 heavy (non-hydrogen) atoms. The standard InChI is InChI=1S/C23H26Br2ClN3O2/c1-5-6-29-20-10-19(26)14(7-16(20)13(2)11-23(29,3)4)12-27-28-22(31)17-8-15(24)9-18(25)21(17)30/h7-10,12-13,30H,5-6,11H2,1-4H3,(H,28,31)/b27-12-. The molecule has 0 spiro atoms. The zero-order chi connectivity index (χ0) is 22.9. The summed E-state index contributed by atoms with van der Waals surface area (Å²) in [6.45, 7) is 9.93. The third kappa shape index (κ3) is 5.10. The van der Waals surface area contributed by atoms with Gasteiger partial charge in [-0.1, -0.05) is 41.4 Å². The van der Waals surface area contributed by atoms with Gasteiger partial charge in [-0.3, -0.25) is 4.79 Å². The quantitative estimate of drug-likeness (QED) is 0.305. The van der Waals surface area contributed by atoms with Crippen molar-refractivity contribution in [3.63, 3.8) is 0 Å². The Balaban J connectivity index is 1.86. The first-order valence-electron chi connectivity index (χ1n) is 10.2. The number of aromatic hydroxyl groups is 1. The molecular formula is C23H26Br2ClN3O2. The third-order valence-electron chi connectivity index (χ3n) is 5.59. The Bertz CT molecular complexity index is 1040. The number of hydrogen-bond acceptors (Lipinski definition) is 4. The highest BCUT2D eigenvalue weighted by atomic mass is 79.9. The lowest BCUT2D eigenvalue weighted by Crippen LogP contribution is -2.48. The molecule has 0 saturated heterocycles. The van der Waals surface area contributed by atoms with E-state index in [4.69, 9.17) is 11.6 Å². The normalized spacial score (nSPS) is 17.6. The summed E-state index contributed by atoms with van der Waals surface area (Å²) in [6.07, 6.45) is 3.65. The van der Waals surface area contributed by atoms with Gasteiger partial charge in [-0.05, 0) is 78.4 Å². The van der Waals surface area contributed by atoms with Crippen molar-refractivity contribution in [2.45, 2.75) is 52.0 Å². The van der Waals surface area contributed by atoms with E-state index in [2.05, 4.69) is 81.0 Å². The Hall–Kier alpha value is -1.57. The minimum absolute atomic E-state index is 0.0650. The zero-order valence-electron chi connectivity index (χ0n) is 18.0. The fraction of sp³-hybridized carbons (Fsp3) is 0.391. The second-order valence-corrected chi connectivity index (χ2v) is 10.7. The summed E-state index contributed by atoms with van der Waals surface area (Å²) in [5.41, 5.74) is 5.78. The first-order valence-corrected chi connectivity index (χ1v) is 12.1. The summed E-state index contributed by atoms with van der Waals surface area (Å²) in [7, 11) is 0. The molecule has 0 radical (unpaired) electrons. The molecule has 0 saturated carbocycles. The number of nitrogens with one attached hydrogen (secondary N) is 1. The van der Waals surface area contributed by atoms with E-state index in [0.29, 0.717) is 19.9 Å². The highest BCUT2D eigenvalue weighted by Crippen LogP contribution is 2.45. The van der Waals surface area contributed by atoms with Gasteiger partial charge in [-0.15, -0.1) is 0 Å². The molecule has 1 atom stereocenters. The van der Waals surface area contributed by atoms with Gasteiger partial charge in [-0.25, -0.2) is 5.43 Å². The van der Waals surface area contributed by atoms with Gasteiger partial charge in [0.15, 0.2) is 0 Å². The van der Waals surface area contributed by atoms with Crippen LogP contribution in [0.4, 0.5) is 5.69 Å². The second-order valence-electron chi connectivity index (χ2n) is 8.48. The topological polar surface area (TPSA) is 64.9 Å². The molecule has 0 aliphatic carbocycles. The van der Waals surface area contributed by atoms with Gasteiger partial charge in [-0.2, -0.15) is 5.10 Å². The number of carbonyl (C=O) groups excluding carboxylic acids is 1. The molecule has 166 valence electrons. The molecule has 0 fully saturated rings. The number of anilines is 1. The number of carbonyl (C=O) groups is 1. The van der Waals surface area contributed by atoms with Crippen molar-refractivity contribution in [3.05, 3.63) is 54.9 Å². The van der Waals surface area contributed by atoms with E-state index in [9.17, 15) is 9.90 Å². The maximum Gasteiger partial charge on any atom is 0.275 e. The molecule has 1 aliphatic rings. The Kier molecular flexibility index (Phi) is 7.39. The van der Waals surface area contributed by atoms with Crippen LogP contribution in [0.2, 0.25) is 5.02 Å². The van der Waals surface area contributed by atoms with E-state index in [1.165, 1.54) is 17.3 Å². The molecule has 1 heterocycles. The largest absolute Gasteiger partial charge is 0.506 e. The van der Waals surface area contributed by atoms with Crippen LogP contribution in [-0.2, 0) is 0 Å². The number of phenols is 1. The Morgan fingerprint density at radius 1 is 1.35 bits per heavy atom. The average Bonchev–Trinajstić information content (AvgIpc) is 2.68. The molecule has 8 heteroatoms. The summed E-state index contributed by atoms with van der Waals surface area (Å²) in [6, 6.07) is 7.25. The van der Waals surface area contributed by atoms with Crippen LogP contribution < -0.4 is 10.3 Å². The first kappa shape index (κ1) is 24.1. The summed E-state index contributed by atoms with van der Waals surface area (Å²) >= 11 is 13.1. The number of fused-ring (bicyclic) bond motifs is 1. The molecule has 1 amide bonds. The predicted octanol–water partition coefficient (Wildman–Crippen LogP) is 6.84. The summed E-state index contributed by atoms with van der Waals surface area (Å²) in [5.74, 6) is -0.280. The number of hydrogen-bond donors (Lipinski definition) is 2. The van der Waals surface area contributed by atoms with Crippen molar-refractivity contribution in [2.75, 3.05) is 11.4 Å². The summed E-state index contributed by atoms with van der Waals surface area (Å²) in [4.78, 5) is 14.9. The fourth-order valence-electron chi connectivity index (χ4n) is 4.23. The zero-order valence-corrected chi connectivity index (χ0v) is 21.9. The monoisotopic (exact) mass is 569 g/mol. The van der Waals surface area contributed by atoms with Crippen LogP contribution >= 0.6 is 43.5 Å². The molecule has 0 bridgehead atoms.